The standard InChI is InChI=1S/C10H12N4O3S/c15-9(16)8-5-18-2-1-14(8)10(17)13-7-3-11-6-12-4-7/h3-4,6,8H,1-2,5H2,(H,13,17)(H,15,16). The highest BCUT2D eigenvalue weighted by Gasteiger charge is 2.32. The van der Waals surface area contributed by atoms with Crippen molar-refractivity contribution in [3.05, 3.63) is 18.7 Å². The first-order valence-electron chi connectivity index (χ1n) is 5.31. The van der Waals surface area contributed by atoms with Crippen LogP contribution in [0.5, 0.6) is 0 Å². The molecule has 18 heavy (non-hydrogen) atoms. The van der Waals surface area contributed by atoms with Crippen molar-refractivity contribution in [2.24, 2.45) is 0 Å². The lowest BCUT2D eigenvalue weighted by Gasteiger charge is -2.32. The highest BCUT2D eigenvalue weighted by molar-refractivity contribution is 7.99. The molecule has 0 saturated carbocycles. The monoisotopic (exact) mass is 268 g/mol. The molecule has 96 valence electrons. The van der Waals surface area contributed by atoms with Crippen molar-refractivity contribution >= 4 is 29.4 Å². The molecule has 1 aromatic rings. The molecule has 0 bridgehead atoms. The zero-order chi connectivity index (χ0) is 13.0. The highest BCUT2D eigenvalue weighted by Crippen LogP contribution is 2.17. The van der Waals surface area contributed by atoms with Crippen molar-refractivity contribution < 1.29 is 14.7 Å². The fourth-order valence-corrected chi connectivity index (χ4v) is 2.65. The van der Waals surface area contributed by atoms with Crippen LogP contribution in [0.2, 0.25) is 0 Å². The van der Waals surface area contributed by atoms with E-state index >= 15 is 0 Å². The molecule has 2 N–H and O–H groups in total. The molecule has 2 rings (SSSR count). The molecule has 0 spiro atoms. The number of aliphatic carboxylic acids is 1. The maximum atomic E-state index is 12.0. The molecular formula is C10H12N4O3S. The van der Waals surface area contributed by atoms with Crippen molar-refractivity contribution in [2.75, 3.05) is 23.4 Å². The normalized spacial score (nSPS) is 19.3. The summed E-state index contributed by atoms with van der Waals surface area (Å²) in [4.78, 5) is 31.9. The Kier molecular flexibility index (Phi) is 3.98. The number of carbonyl (C=O) groups is 2. The number of anilines is 1. The number of thioether (sulfide) groups is 1. The van der Waals surface area contributed by atoms with Gasteiger partial charge in [0.2, 0.25) is 0 Å². The van der Waals surface area contributed by atoms with Gasteiger partial charge in [-0.3, -0.25) is 0 Å². The number of nitrogens with zero attached hydrogens (tertiary/aromatic N) is 3. The van der Waals surface area contributed by atoms with Crippen molar-refractivity contribution in [1.29, 1.82) is 0 Å². The summed E-state index contributed by atoms with van der Waals surface area (Å²) < 4.78 is 0. The van der Waals surface area contributed by atoms with Crippen molar-refractivity contribution in [2.45, 2.75) is 6.04 Å². The van der Waals surface area contributed by atoms with Gasteiger partial charge in [0.15, 0.2) is 0 Å². The molecule has 0 aliphatic carbocycles. The molecular weight excluding hydrogens is 256 g/mol. The summed E-state index contributed by atoms with van der Waals surface area (Å²) in [6.45, 7) is 0.418. The van der Waals surface area contributed by atoms with E-state index in [9.17, 15) is 9.59 Å². The SMILES string of the molecule is O=C(O)C1CSCCN1C(=O)Nc1cncnc1. The third-order valence-corrected chi connectivity index (χ3v) is 3.51. The molecule has 2 amide bonds. The van der Waals surface area contributed by atoms with E-state index < -0.39 is 18.0 Å². The van der Waals surface area contributed by atoms with E-state index in [0.717, 1.165) is 5.75 Å². The fourth-order valence-electron chi connectivity index (χ4n) is 1.61. The molecule has 0 aromatic carbocycles. The Morgan fingerprint density at radius 1 is 1.44 bits per heavy atom. The lowest BCUT2D eigenvalue weighted by molar-refractivity contribution is -0.141. The summed E-state index contributed by atoms with van der Waals surface area (Å²) in [7, 11) is 0. The zero-order valence-electron chi connectivity index (χ0n) is 9.44. The molecule has 7 nitrogen and oxygen atoms in total. The number of carboxylic acids is 1. The number of rotatable bonds is 2. The lowest BCUT2D eigenvalue weighted by Crippen LogP contribution is -2.51. The fraction of sp³-hybridized carbons (Fsp3) is 0.400. The Bertz CT molecular complexity index is 442. The van der Waals surface area contributed by atoms with Crippen LogP contribution in [0.1, 0.15) is 0 Å². The molecule has 1 aliphatic rings. The predicted octanol–water partition coefficient (Wildman–Crippen LogP) is 0.510. The van der Waals surface area contributed by atoms with Crippen LogP contribution in [-0.4, -0.2) is 56.1 Å². The number of nitrogens with one attached hydrogen (secondary N) is 1. The van der Waals surface area contributed by atoms with E-state index in [4.69, 9.17) is 5.11 Å². The Labute approximate surface area is 108 Å². The number of aromatic nitrogens is 2. The van der Waals surface area contributed by atoms with Crippen LogP contribution in [0.3, 0.4) is 0 Å². The minimum Gasteiger partial charge on any atom is -0.480 e. The van der Waals surface area contributed by atoms with Crippen molar-refractivity contribution in [3.63, 3.8) is 0 Å². The van der Waals surface area contributed by atoms with Crippen LogP contribution >= 0.6 is 11.8 Å². The minimum atomic E-state index is -0.985. The molecule has 2 heterocycles. The maximum Gasteiger partial charge on any atom is 0.327 e. The maximum absolute atomic E-state index is 12.0. The summed E-state index contributed by atoms with van der Waals surface area (Å²) in [6, 6.07) is -1.22. The molecule has 1 atom stereocenters. The van der Waals surface area contributed by atoms with E-state index in [-0.39, 0.29) is 0 Å². The van der Waals surface area contributed by atoms with Crippen LogP contribution in [0.25, 0.3) is 0 Å². The number of carbonyl (C=O) groups excluding carboxylic acids is 1. The van der Waals surface area contributed by atoms with Crippen molar-refractivity contribution in [1.82, 2.24) is 14.9 Å². The third-order valence-electron chi connectivity index (χ3n) is 2.49. The van der Waals surface area contributed by atoms with Crippen LogP contribution in [0.15, 0.2) is 18.7 Å². The van der Waals surface area contributed by atoms with Gasteiger partial charge in [-0.1, -0.05) is 0 Å². The van der Waals surface area contributed by atoms with Gasteiger partial charge in [-0.05, 0) is 0 Å². The molecule has 1 aliphatic heterocycles. The van der Waals surface area contributed by atoms with Crippen molar-refractivity contribution in [3.8, 4) is 0 Å². The second-order valence-corrected chi connectivity index (χ2v) is 4.83. The summed E-state index contributed by atoms with van der Waals surface area (Å²) in [5.74, 6) is 0.165. The Hall–Kier alpha value is -1.83. The molecule has 0 radical (unpaired) electrons. The number of urea groups is 1. The predicted molar refractivity (Wildman–Crippen MR) is 66.5 cm³/mol. The third kappa shape index (κ3) is 2.89. The summed E-state index contributed by atoms with van der Waals surface area (Å²) in [5, 5.41) is 11.6. The van der Waals surface area contributed by atoms with Crippen LogP contribution in [-0.2, 0) is 4.79 Å². The quantitative estimate of drug-likeness (QED) is 0.811. The first-order chi connectivity index (χ1) is 8.68. The van der Waals surface area contributed by atoms with Gasteiger partial charge in [0.1, 0.15) is 12.4 Å². The molecule has 8 heteroatoms. The van der Waals surface area contributed by atoms with Crippen LogP contribution in [0.4, 0.5) is 10.5 Å². The summed E-state index contributed by atoms with van der Waals surface area (Å²) in [6.07, 6.45) is 4.27. The smallest absolute Gasteiger partial charge is 0.327 e. The lowest BCUT2D eigenvalue weighted by atomic mass is 10.3. The van der Waals surface area contributed by atoms with Crippen LogP contribution < -0.4 is 5.32 Å². The summed E-state index contributed by atoms with van der Waals surface area (Å²) in [5.41, 5.74) is 0.449. The number of carboxylic acid groups (broad SMARTS) is 1. The summed E-state index contributed by atoms with van der Waals surface area (Å²) >= 11 is 1.53. The zero-order valence-corrected chi connectivity index (χ0v) is 10.3. The molecule has 1 saturated heterocycles. The van der Waals surface area contributed by atoms with E-state index in [0.29, 0.717) is 18.0 Å². The van der Waals surface area contributed by atoms with Gasteiger partial charge in [-0.15, -0.1) is 0 Å². The largest absolute Gasteiger partial charge is 0.480 e. The second kappa shape index (κ2) is 5.67. The molecule has 1 aromatic heterocycles. The molecule has 1 fully saturated rings. The topological polar surface area (TPSA) is 95.4 Å². The van der Waals surface area contributed by atoms with Crippen LogP contribution in [0, 0.1) is 0 Å². The van der Waals surface area contributed by atoms with Gasteiger partial charge in [0.05, 0.1) is 18.1 Å². The average molecular weight is 268 g/mol. The van der Waals surface area contributed by atoms with Gasteiger partial charge in [-0.25, -0.2) is 19.6 Å². The number of hydrogen-bond acceptors (Lipinski definition) is 5. The van der Waals surface area contributed by atoms with Gasteiger partial charge in [-0.2, -0.15) is 11.8 Å². The number of amides is 2. The Morgan fingerprint density at radius 2 is 2.17 bits per heavy atom. The molecule has 1 unspecified atom stereocenters. The van der Waals surface area contributed by atoms with E-state index in [1.807, 2.05) is 0 Å². The van der Waals surface area contributed by atoms with Gasteiger partial charge in [0.25, 0.3) is 0 Å². The van der Waals surface area contributed by atoms with E-state index in [1.165, 1.54) is 35.4 Å². The average Bonchev–Trinajstić information content (AvgIpc) is 2.40. The number of hydrogen-bond donors (Lipinski definition) is 2. The minimum absolute atomic E-state index is 0.411. The van der Waals surface area contributed by atoms with Gasteiger partial charge < -0.3 is 15.3 Å². The first-order valence-corrected chi connectivity index (χ1v) is 6.47. The Morgan fingerprint density at radius 3 is 2.83 bits per heavy atom. The second-order valence-electron chi connectivity index (χ2n) is 3.68. The van der Waals surface area contributed by atoms with E-state index in [1.54, 1.807) is 0 Å². The Balaban J connectivity index is 2.05. The van der Waals surface area contributed by atoms with Gasteiger partial charge in [0, 0.05) is 18.1 Å². The van der Waals surface area contributed by atoms with Gasteiger partial charge >= 0.3 is 12.0 Å². The van der Waals surface area contributed by atoms with E-state index in [2.05, 4.69) is 15.3 Å². The highest BCUT2D eigenvalue weighted by atomic mass is 32.2. The first kappa shape index (κ1) is 12.6.